The third-order valence-corrected chi connectivity index (χ3v) is 2.16. The van der Waals surface area contributed by atoms with Gasteiger partial charge < -0.3 is 4.74 Å². The smallest absolute Gasteiger partial charge is 0.405 e. The monoisotopic (exact) mass is 302 g/mol. The molecule has 1 rings (SSSR count). The van der Waals surface area contributed by atoms with Gasteiger partial charge in [0.15, 0.2) is 0 Å². The minimum atomic E-state index is -4.61. The Morgan fingerprint density at radius 3 is 2.38 bits per heavy atom. The molecule has 0 aliphatic carbocycles. The van der Waals surface area contributed by atoms with Crippen molar-refractivity contribution in [3.63, 3.8) is 0 Å². The second kappa shape index (κ2) is 4.17. The van der Waals surface area contributed by atoms with Crippen LogP contribution in [0.25, 0.3) is 0 Å². The van der Waals surface area contributed by atoms with Crippen LogP contribution in [-0.2, 0) is 4.43 Å². The number of hydrogen-bond donors (Lipinski definition) is 0. The molecule has 0 bridgehead atoms. The van der Waals surface area contributed by atoms with Crippen molar-refractivity contribution >= 4 is 22.6 Å². The summed E-state index contributed by atoms with van der Waals surface area (Å²) in [4.78, 5) is 0. The molecule has 0 unspecified atom stereocenters. The number of para-hydroxylation sites is 1. The highest BCUT2D eigenvalue weighted by atomic mass is 127. The van der Waals surface area contributed by atoms with Gasteiger partial charge in [0.1, 0.15) is 5.75 Å². The van der Waals surface area contributed by atoms with E-state index in [1.807, 2.05) is 22.6 Å². The van der Waals surface area contributed by atoms with Crippen LogP contribution in [-0.4, -0.2) is 6.36 Å². The van der Waals surface area contributed by atoms with Gasteiger partial charge in [-0.1, -0.05) is 40.8 Å². The van der Waals surface area contributed by atoms with Crippen molar-refractivity contribution in [1.29, 1.82) is 0 Å². The Morgan fingerprint density at radius 2 is 1.85 bits per heavy atom. The van der Waals surface area contributed by atoms with E-state index in [2.05, 4.69) is 4.74 Å². The molecule has 0 radical (unpaired) electrons. The van der Waals surface area contributed by atoms with E-state index in [0.29, 0.717) is 9.99 Å². The number of benzene rings is 1. The number of hydrogen-bond acceptors (Lipinski definition) is 1. The Hall–Kier alpha value is -0.460. The third kappa shape index (κ3) is 3.41. The molecule has 0 heterocycles. The molecule has 0 saturated heterocycles. The van der Waals surface area contributed by atoms with E-state index >= 15 is 0 Å². The zero-order valence-electron chi connectivity index (χ0n) is 6.44. The fourth-order valence-corrected chi connectivity index (χ4v) is 1.47. The Morgan fingerprint density at radius 1 is 1.23 bits per heavy atom. The van der Waals surface area contributed by atoms with Crippen LogP contribution >= 0.6 is 22.6 Å². The van der Waals surface area contributed by atoms with Gasteiger partial charge in [-0.2, -0.15) is 0 Å². The predicted molar refractivity (Wildman–Crippen MR) is 50.8 cm³/mol. The van der Waals surface area contributed by atoms with Crippen molar-refractivity contribution in [3.05, 3.63) is 29.8 Å². The maximum atomic E-state index is 11.8. The van der Waals surface area contributed by atoms with Crippen molar-refractivity contribution < 1.29 is 17.9 Å². The zero-order chi connectivity index (χ0) is 9.90. The largest absolute Gasteiger partial charge is 0.573 e. The Bertz CT molecular complexity index is 285. The summed E-state index contributed by atoms with van der Waals surface area (Å²) in [6, 6.07) is 6.10. The lowest BCUT2D eigenvalue weighted by Gasteiger charge is -2.11. The van der Waals surface area contributed by atoms with Gasteiger partial charge in [-0.25, -0.2) is 0 Å². The van der Waals surface area contributed by atoms with Crippen LogP contribution in [0.3, 0.4) is 0 Å². The molecule has 1 aromatic carbocycles. The van der Waals surface area contributed by atoms with E-state index in [1.54, 1.807) is 12.1 Å². The molecular formula is C8H6F3IO. The van der Waals surface area contributed by atoms with Crippen molar-refractivity contribution in [1.82, 2.24) is 0 Å². The second-order valence-electron chi connectivity index (χ2n) is 2.29. The minimum Gasteiger partial charge on any atom is -0.405 e. The van der Waals surface area contributed by atoms with Gasteiger partial charge in [-0.05, 0) is 6.07 Å². The highest BCUT2D eigenvalue weighted by molar-refractivity contribution is 14.1. The molecule has 0 aromatic heterocycles. The van der Waals surface area contributed by atoms with Crippen molar-refractivity contribution in [2.75, 3.05) is 0 Å². The fraction of sp³-hybridized carbons (Fsp3) is 0.250. The molecule has 0 atom stereocenters. The summed E-state index contributed by atoms with van der Waals surface area (Å²) in [7, 11) is 0. The van der Waals surface area contributed by atoms with Crippen molar-refractivity contribution in [3.8, 4) is 5.75 Å². The van der Waals surface area contributed by atoms with E-state index in [1.165, 1.54) is 12.1 Å². The first-order valence-corrected chi connectivity index (χ1v) is 4.95. The minimum absolute atomic E-state index is 0.121. The van der Waals surface area contributed by atoms with Crippen LogP contribution in [0, 0.1) is 0 Å². The van der Waals surface area contributed by atoms with Crippen LogP contribution in [0.1, 0.15) is 5.56 Å². The fourth-order valence-electron chi connectivity index (χ4n) is 0.838. The summed E-state index contributed by atoms with van der Waals surface area (Å²) >= 11 is 1.98. The van der Waals surface area contributed by atoms with E-state index in [0.717, 1.165) is 0 Å². The lowest BCUT2D eigenvalue weighted by Crippen LogP contribution is -2.17. The van der Waals surface area contributed by atoms with Crippen molar-refractivity contribution in [2.45, 2.75) is 10.8 Å². The third-order valence-electron chi connectivity index (χ3n) is 1.34. The normalized spacial score (nSPS) is 11.4. The summed E-state index contributed by atoms with van der Waals surface area (Å²) in [6.07, 6.45) is -4.61. The number of alkyl halides is 4. The first-order valence-electron chi connectivity index (χ1n) is 3.42. The van der Waals surface area contributed by atoms with Gasteiger partial charge in [0.25, 0.3) is 0 Å². The summed E-state index contributed by atoms with van der Waals surface area (Å²) in [5.41, 5.74) is 0.542. The van der Waals surface area contributed by atoms with Crippen LogP contribution in [0.2, 0.25) is 0 Å². The van der Waals surface area contributed by atoms with E-state index in [-0.39, 0.29) is 5.75 Å². The summed E-state index contributed by atoms with van der Waals surface area (Å²) < 4.78 is 39.8. The molecule has 5 heteroatoms. The highest BCUT2D eigenvalue weighted by Crippen LogP contribution is 2.27. The highest BCUT2D eigenvalue weighted by Gasteiger charge is 2.31. The topological polar surface area (TPSA) is 9.23 Å². The molecule has 13 heavy (non-hydrogen) atoms. The molecule has 0 aliphatic rings. The SMILES string of the molecule is FC(F)(F)Oc1ccccc1CI. The lowest BCUT2D eigenvalue weighted by molar-refractivity contribution is -0.274. The van der Waals surface area contributed by atoms with Crippen LogP contribution in [0.15, 0.2) is 24.3 Å². The molecule has 72 valence electrons. The molecule has 0 aliphatic heterocycles. The molecule has 0 saturated carbocycles. The van der Waals surface area contributed by atoms with E-state index < -0.39 is 6.36 Å². The Balaban J connectivity index is 2.87. The maximum absolute atomic E-state index is 11.8. The Kier molecular flexibility index (Phi) is 3.40. The number of rotatable bonds is 2. The van der Waals surface area contributed by atoms with Gasteiger partial charge >= 0.3 is 6.36 Å². The van der Waals surface area contributed by atoms with Crippen LogP contribution < -0.4 is 4.74 Å². The first-order chi connectivity index (χ1) is 6.03. The van der Waals surface area contributed by atoms with E-state index in [4.69, 9.17) is 0 Å². The van der Waals surface area contributed by atoms with Crippen molar-refractivity contribution in [2.24, 2.45) is 0 Å². The van der Waals surface area contributed by atoms with Crippen LogP contribution in [0.4, 0.5) is 13.2 Å². The molecule has 0 amide bonds. The maximum Gasteiger partial charge on any atom is 0.573 e. The molecule has 0 N–H and O–H groups in total. The summed E-state index contributed by atoms with van der Waals surface area (Å²) in [5.74, 6) is -0.121. The molecule has 1 aromatic rings. The summed E-state index contributed by atoms with van der Waals surface area (Å²) in [5, 5.41) is 0. The number of halogens is 4. The molecule has 0 spiro atoms. The quantitative estimate of drug-likeness (QED) is 0.600. The molecule has 1 nitrogen and oxygen atoms in total. The summed E-state index contributed by atoms with van der Waals surface area (Å²) in [6.45, 7) is 0. The second-order valence-corrected chi connectivity index (χ2v) is 3.05. The zero-order valence-corrected chi connectivity index (χ0v) is 8.59. The van der Waals surface area contributed by atoms with Gasteiger partial charge in [0.05, 0.1) is 0 Å². The molecule has 0 fully saturated rings. The van der Waals surface area contributed by atoms with Gasteiger partial charge in [-0.3, -0.25) is 0 Å². The standard InChI is InChI=1S/C8H6F3IO/c9-8(10,11)13-7-4-2-1-3-6(7)5-12/h1-4H,5H2. The lowest BCUT2D eigenvalue weighted by atomic mass is 10.2. The molecular weight excluding hydrogens is 296 g/mol. The number of ether oxygens (including phenoxy) is 1. The van der Waals surface area contributed by atoms with E-state index in [9.17, 15) is 13.2 Å². The average molecular weight is 302 g/mol. The average Bonchev–Trinajstić information content (AvgIpc) is 2.02. The predicted octanol–water partition coefficient (Wildman–Crippen LogP) is 3.52. The van der Waals surface area contributed by atoms with Gasteiger partial charge in [0, 0.05) is 9.99 Å². The van der Waals surface area contributed by atoms with Gasteiger partial charge in [0.2, 0.25) is 0 Å². The first kappa shape index (κ1) is 10.6. The Labute approximate surface area is 87.0 Å². The van der Waals surface area contributed by atoms with Gasteiger partial charge in [-0.15, -0.1) is 13.2 Å². The van der Waals surface area contributed by atoms with Crippen LogP contribution in [0.5, 0.6) is 5.75 Å².